The van der Waals surface area contributed by atoms with Gasteiger partial charge in [-0.2, -0.15) is 0 Å². The van der Waals surface area contributed by atoms with E-state index in [0.29, 0.717) is 27.8 Å². The Bertz CT molecular complexity index is 821. The van der Waals surface area contributed by atoms with Crippen molar-refractivity contribution < 1.29 is 9.90 Å². The number of hydrogen-bond donors (Lipinski definition) is 1. The van der Waals surface area contributed by atoms with Gasteiger partial charge < -0.3 is 10.0 Å². The Labute approximate surface area is 163 Å². The van der Waals surface area contributed by atoms with Crippen LogP contribution < -0.4 is 0 Å². The molecule has 0 saturated carbocycles. The number of hydrogen-bond acceptors (Lipinski definition) is 3. The average Bonchev–Trinajstić information content (AvgIpc) is 2.64. The predicted molar refractivity (Wildman–Crippen MR) is 102 cm³/mol. The molecule has 0 fully saturated rings. The zero-order valence-electron chi connectivity index (χ0n) is 14.3. The highest BCUT2D eigenvalue weighted by atomic mass is 35.5. The first-order chi connectivity index (χ1) is 12.4. The summed E-state index contributed by atoms with van der Waals surface area (Å²) in [6.45, 7) is 9.66. The number of pyridine rings is 1. The second kappa shape index (κ2) is 9.54. The molecule has 1 unspecified atom stereocenters. The van der Waals surface area contributed by atoms with Gasteiger partial charge in [0.25, 0.3) is 0 Å². The maximum Gasteiger partial charge on any atom is 0.227 e. The molecule has 1 atom stereocenters. The average molecular weight is 392 g/mol. The van der Waals surface area contributed by atoms with Gasteiger partial charge in [-0.3, -0.25) is 9.78 Å². The summed E-state index contributed by atoms with van der Waals surface area (Å²) in [7, 11) is 0. The molecule has 0 radical (unpaired) electrons. The van der Waals surface area contributed by atoms with E-state index in [9.17, 15) is 9.90 Å². The van der Waals surface area contributed by atoms with E-state index in [-0.39, 0.29) is 18.9 Å². The third-order valence-corrected chi connectivity index (χ3v) is 4.58. The molecule has 7 heteroatoms. The van der Waals surface area contributed by atoms with Gasteiger partial charge >= 0.3 is 0 Å². The van der Waals surface area contributed by atoms with Crippen LogP contribution in [-0.2, 0) is 11.2 Å². The molecule has 136 valence electrons. The van der Waals surface area contributed by atoms with Crippen LogP contribution in [0.3, 0.4) is 0 Å². The van der Waals surface area contributed by atoms with Crippen molar-refractivity contribution in [2.24, 2.45) is 0 Å². The summed E-state index contributed by atoms with van der Waals surface area (Å²) in [5.41, 5.74) is 1.63. The molecule has 26 heavy (non-hydrogen) atoms. The Kier molecular flexibility index (Phi) is 7.40. The number of amides is 1. The normalized spacial score (nSPS) is 11.7. The molecule has 0 spiro atoms. The van der Waals surface area contributed by atoms with E-state index in [0.717, 1.165) is 12.0 Å². The number of nitrogens with zero attached hydrogens (tertiary/aromatic N) is 3. The van der Waals surface area contributed by atoms with E-state index < -0.39 is 6.10 Å². The summed E-state index contributed by atoms with van der Waals surface area (Å²) in [4.78, 5) is 21.5. The molecule has 1 N–H and O–H groups in total. The number of aromatic nitrogens is 1. The van der Waals surface area contributed by atoms with Gasteiger partial charge in [0.1, 0.15) is 0 Å². The lowest BCUT2D eigenvalue weighted by molar-refractivity contribution is -0.132. The van der Waals surface area contributed by atoms with Crippen LogP contribution in [-0.4, -0.2) is 34.0 Å². The molecule has 5 nitrogen and oxygen atoms in total. The van der Waals surface area contributed by atoms with Gasteiger partial charge in [-0.1, -0.05) is 36.2 Å². The van der Waals surface area contributed by atoms with Crippen molar-refractivity contribution in [3.63, 3.8) is 0 Å². The highest BCUT2D eigenvalue weighted by molar-refractivity contribution is 6.42. The largest absolute Gasteiger partial charge is 0.387 e. The van der Waals surface area contributed by atoms with Crippen LogP contribution in [0.1, 0.15) is 30.6 Å². The number of carbonyl (C=O) groups is 1. The highest BCUT2D eigenvalue weighted by Crippen LogP contribution is 2.24. The molecule has 0 aliphatic carbocycles. The SMILES string of the molecule is [C-]#[N+]c1cncc(C(O)CN(CCC)C(=O)Cc2ccc(Cl)c(Cl)c2)c1. The molecular formula is C19H19Cl2N3O2. The van der Waals surface area contributed by atoms with Crippen LogP contribution in [0.4, 0.5) is 5.69 Å². The van der Waals surface area contributed by atoms with E-state index in [1.807, 2.05) is 6.92 Å². The van der Waals surface area contributed by atoms with E-state index >= 15 is 0 Å². The molecular weight excluding hydrogens is 373 g/mol. The van der Waals surface area contributed by atoms with Crippen LogP contribution >= 0.6 is 23.2 Å². The Morgan fingerprint density at radius 3 is 2.73 bits per heavy atom. The second-order valence-corrected chi connectivity index (χ2v) is 6.68. The molecule has 1 aromatic heterocycles. The fourth-order valence-electron chi connectivity index (χ4n) is 2.53. The lowest BCUT2D eigenvalue weighted by Crippen LogP contribution is -2.36. The van der Waals surface area contributed by atoms with Crippen molar-refractivity contribution >= 4 is 34.8 Å². The predicted octanol–water partition coefficient (Wildman–Crippen LogP) is 4.45. The summed E-state index contributed by atoms with van der Waals surface area (Å²) in [6, 6.07) is 6.67. The first-order valence-electron chi connectivity index (χ1n) is 8.16. The minimum absolute atomic E-state index is 0.112. The molecule has 1 heterocycles. The molecule has 0 aliphatic rings. The fraction of sp³-hybridized carbons (Fsp3) is 0.316. The Balaban J connectivity index is 2.10. The van der Waals surface area contributed by atoms with Gasteiger partial charge in [0, 0.05) is 18.9 Å². The van der Waals surface area contributed by atoms with Gasteiger partial charge in [-0.05, 0) is 35.7 Å². The molecule has 0 aliphatic heterocycles. The molecule has 0 saturated heterocycles. The summed E-state index contributed by atoms with van der Waals surface area (Å²) in [5, 5.41) is 11.3. The molecule has 2 rings (SSSR count). The van der Waals surface area contributed by atoms with E-state index in [1.165, 1.54) is 12.4 Å². The number of aliphatic hydroxyl groups is 1. The van der Waals surface area contributed by atoms with Crippen molar-refractivity contribution in [1.82, 2.24) is 9.88 Å². The topological polar surface area (TPSA) is 57.8 Å². The monoisotopic (exact) mass is 391 g/mol. The molecule has 0 bridgehead atoms. The van der Waals surface area contributed by atoms with Crippen molar-refractivity contribution in [3.8, 4) is 0 Å². The van der Waals surface area contributed by atoms with Crippen molar-refractivity contribution in [3.05, 3.63) is 69.2 Å². The van der Waals surface area contributed by atoms with Crippen LogP contribution in [0.5, 0.6) is 0 Å². The Morgan fingerprint density at radius 2 is 2.08 bits per heavy atom. The van der Waals surface area contributed by atoms with Gasteiger partial charge in [0.15, 0.2) is 0 Å². The van der Waals surface area contributed by atoms with Crippen molar-refractivity contribution in [2.75, 3.05) is 13.1 Å². The maximum absolute atomic E-state index is 12.7. The second-order valence-electron chi connectivity index (χ2n) is 5.87. The number of carbonyl (C=O) groups excluding carboxylic acids is 1. The number of benzene rings is 1. The Morgan fingerprint density at radius 1 is 1.31 bits per heavy atom. The zero-order chi connectivity index (χ0) is 19.1. The highest BCUT2D eigenvalue weighted by Gasteiger charge is 2.19. The van der Waals surface area contributed by atoms with Crippen molar-refractivity contribution in [2.45, 2.75) is 25.9 Å². The third-order valence-electron chi connectivity index (χ3n) is 3.84. The van der Waals surface area contributed by atoms with E-state index in [2.05, 4.69) is 9.83 Å². The first-order valence-corrected chi connectivity index (χ1v) is 8.92. The minimum Gasteiger partial charge on any atom is -0.387 e. The van der Waals surface area contributed by atoms with E-state index in [1.54, 1.807) is 29.2 Å². The summed E-state index contributed by atoms with van der Waals surface area (Å²) in [6.07, 6.45) is 2.97. The van der Waals surface area contributed by atoms with Gasteiger partial charge in [0.2, 0.25) is 11.6 Å². The summed E-state index contributed by atoms with van der Waals surface area (Å²) < 4.78 is 0. The van der Waals surface area contributed by atoms with Gasteiger partial charge in [-0.15, -0.1) is 0 Å². The summed E-state index contributed by atoms with van der Waals surface area (Å²) >= 11 is 11.9. The number of rotatable bonds is 7. The number of aliphatic hydroxyl groups excluding tert-OH is 1. The fourth-order valence-corrected chi connectivity index (χ4v) is 2.85. The summed E-state index contributed by atoms with van der Waals surface area (Å²) in [5.74, 6) is -0.112. The maximum atomic E-state index is 12.7. The van der Waals surface area contributed by atoms with Crippen LogP contribution in [0.2, 0.25) is 10.0 Å². The van der Waals surface area contributed by atoms with Crippen molar-refractivity contribution in [1.29, 1.82) is 0 Å². The molecule has 2 aromatic rings. The van der Waals surface area contributed by atoms with Gasteiger partial charge in [-0.25, -0.2) is 4.85 Å². The third kappa shape index (κ3) is 5.43. The lowest BCUT2D eigenvalue weighted by atomic mass is 10.1. The molecule has 1 amide bonds. The number of halogens is 2. The van der Waals surface area contributed by atoms with Crippen LogP contribution in [0, 0.1) is 6.57 Å². The smallest absolute Gasteiger partial charge is 0.227 e. The molecule has 1 aromatic carbocycles. The Hall–Kier alpha value is -2.13. The quantitative estimate of drug-likeness (QED) is 0.709. The van der Waals surface area contributed by atoms with E-state index in [4.69, 9.17) is 29.8 Å². The first kappa shape index (κ1) is 20.2. The standard InChI is InChI=1S/C19H19Cl2N3O2/c1-3-6-24(12-18(25)14-9-15(22-2)11-23-10-14)19(26)8-13-4-5-16(20)17(21)7-13/h4-5,7,9-11,18,25H,3,6,8,12H2,1H3. The lowest BCUT2D eigenvalue weighted by Gasteiger charge is -2.25. The van der Waals surface area contributed by atoms with Gasteiger partial charge in [0.05, 0.1) is 35.7 Å². The zero-order valence-corrected chi connectivity index (χ0v) is 15.8. The van der Waals surface area contributed by atoms with Crippen LogP contribution in [0.25, 0.3) is 4.85 Å². The van der Waals surface area contributed by atoms with Crippen LogP contribution in [0.15, 0.2) is 36.7 Å². The minimum atomic E-state index is -0.909.